The third-order valence-corrected chi connectivity index (χ3v) is 7.03. The van der Waals surface area contributed by atoms with E-state index in [1.807, 2.05) is 38.1 Å². The van der Waals surface area contributed by atoms with Gasteiger partial charge in [-0.2, -0.15) is 5.10 Å². The molecular formula is C25H25Cl2N5O3. The zero-order valence-corrected chi connectivity index (χ0v) is 21.1. The molecule has 1 aliphatic heterocycles. The smallest absolute Gasteiger partial charge is 0.162 e. The van der Waals surface area contributed by atoms with Gasteiger partial charge in [0, 0.05) is 48.1 Å². The van der Waals surface area contributed by atoms with Gasteiger partial charge in [-0.25, -0.2) is 4.98 Å². The van der Waals surface area contributed by atoms with E-state index in [1.54, 1.807) is 19.5 Å². The molecule has 182 valence electrons. The van der Waals surface area contributed by atoms with Gasteiger partial charge in [-0.1, -0.05) is 23.2 Å². The fourth-order valence-electron chi connectivity index (χ4n) is 4.36. The maximum atomic E-state index is 9.81. The molecule has 1 aromatic carbocycles. The molecule has 1 aliphatic rings. The molecule has 5 rings (SSSR count). The van der Waals surface area contributed by atoms with Crippen LogP contribution in [0.5, 0.6) is 11.5 Å². The first-order chi connectivity index (χ1) is 16.9. The van der Waals surface area contributed by atoms with Crippen molar-refractivity contribution in [2.45, 2.75) is 32.5 Å². The molecule has 8 nitrogen and oxygen atoms in total. The fourth-order valence-corrected chi connectivity index (χ4v) is 5.01. The number of aromatic amines is 1. The first-order valence-corrected chi connectivity index (χ1v) is 12.0. The molecule has 4 aromatic rings. The summed E-state index contributed by atoms with van der Waals surface area (Å²) >= 11 is 12.9. The largest absolute Gasteiger partial charge is 0.493 e. The van der Waals surface area contributed by atoms with Gasteiger partial charge in [0.25, 0.3) is 0 Å². The van der Waals surface area contributed by atoms with E-state index in [0.717, 1.165) is 40.9 Å². The van der Waals surface area contributed by atoms with E-state index in [0.29, 0.717) is 39.3 Å². The Hall–Kier alpha value is -3.07. The van der Waals surface area contributed by atoms with Crippen molar-refractivity contribution in [2.24, 2.45) is 0 Å². The van der Waals surface area contributed by atoms with Crippen LogP contribution < -0.4 is 14.4 Å². The molecule has 0 aliphatic carbocycles. The Labute approximate surface area is 212 Å². The highest BCUT2D eigenvalue weighted by Crippen LogP contribution is 2.40. The molecule has 0 spiro atoms. The first kappa shape index (κ1) is 23.7. The molecule has 10 heteroatoms. The molecule has 2 N–H and O–H groups in total. The Morgan fingerprint density at radius 3 is 2.69 bits per heavy atom. The summed E-state index contributed by atoms with van der Waals surface area (Å²) in [6.45, 7) is 5.10. The minimum Gasteiger partial charge on any atom is -0.493 e. The van der Waals surface area contributed by atoms with Crippen molar-refractivity contribution in [3.8, 4) is 22.8 Å². The number of anilines is 1. The van der Waals surface area contributed by atoms with Crippen LogP contribution in [0.2, 0.25) is 10.0 Å². The monoisotopic (exact) mass is 513 g/mol. The number of aryl methyl sites for hydroxylation is 1. The van der Waals surface area contributed by atoms with Crippen LogP contribution in [0.4, 0.5) is 5.82 Å². The van der Waals surface area contributed by atoms with Crippen molar-refractivity contribution in [3.63, 3.8) is 0 Å². The van der Waals surface area contributed by atoms with Gasteiger partial charge in [0.05, 0.1) is 34.5 Å². The normalized spacial score (nSPS) is 16.6. The van der Waals surface area contributed by atoms with Gasteiger partial charge in [-0.3, -0.25) is 10.1 Å². The van der Waals surface area contributed by atoms with Crippen LogP contribution in [0.1, 0.15) is 30.7 Å². The Balaban J connectivity index is 1.48. The molecule has 0 radical (unpaired) electrons. The van der Waals surface area contributed by atoms with Gasteiger partial charge in [-0.15, -0.1) is 0 Å². The van der Waals surface area contributed by atoms with Crippen LogP contribution in [0, 0.1) is 6.92 Å². The number of hydrogen-bond donors (Lipinski definition) is 2. The molecular weight excluding hydrogens is 489 g/mol. The van der Waals surface area contributed by atoms with Crippen LogP contribution in [0.25, 0.3) is 22.2 Å². The zero-order valence-electron chi connectivity index (χ0n) is 19.5. The van der Waals surface area contributed by atoms with Crippen LogP contribution in [-0.4, -0.2) is 51.6 Å². The second-order valence-corrected chi connectivity index (χ2v) is 9.38. The second-order valence-electron chi connectivity index (χ2n) is 8.59. The molecule has 1 unspecified atom stereocenters. The third-order valence-electron chi connectivity index (χ3n) is 6.25. The second kappa shape index (κ2) is 9.53. The molecule has 4 heterocycles. The van der Waals surface area contributed by atoms with Crippen molar-refractivity contribution < 1.29 is 14.6 Å². The Bertz CT molecular complexity index is 1380. The Kier molecular flexibility index (Phi) is 6.44. The van der Waals surface area contributed by atoms with E-state index >= 15 is 0 Å². The number of benzene rings is 1. The van der Waals surface area contributed by atoms with Crippen molar-refractivity contribution >= 4 is 39.9 Å². The highest BCUT2D eigenvalue weighted by Gasteiger charge is 2.23. The quantitative estimate of drug-likeness (QED) is 0.358. The van der Waals surface area contributed by atoms with Gasteiger partial charge in [-0.05, 0) is 38.5 Å². The topological polar surface area (TPSA) is 96.4 Å². The number of fused-ring (bicyclic) bond motifs is 1. The van der Waals surface area contributed by atoms with E-state index < -0.39 is 6.10 Å². The summed E-state index contributed by atoms with van der Waals surface area (Å²) in [7, 11) is 1.59. The number of pyridine rings is 2. The SMILES string of the molecule is COc1cc2[nH]nc(-c3ccc(N4CC[C@H](O)C4)nc3)c2cc1OC(C)c1c(Cl)cnc(C)c1Cl. The highest BCUT2D eigenvalue weighted by molar-refractivity contribution is 6.36. The summed E-state index contributed by atoms with van der Waals surface area (Å²) in [5.74, 6) is 1.93. The molecule has 1 saturated heterocycles. The third kappa shape index (κ3) is 4.49. The summed E-state index contributed by atoms with van der Waals surface area (Å²) in [4.78, 5) is 10.9. The number of nitrogens with one attached hydrogen (secondary N) is 1. The van der Waals surface area contributed by atoms with Crippen molar-refractivity contribution in [3.05, 3.63) is 58.0 Å². The van der Waals surface area contributed by atoms with Crippen LogP contribution in [-0.2, 0) is 0 Å². The van der Waals surface area contributed by atoms with Crippen LogP contribution in [0.3, 0.4) is 0 Å². The number of nitrogens with zero attached hydrogens (tertiary/aromatic N) is 4. The minimum atomic E-state index is -0.449. The summed E-state index contributed by atoms with van der Waals surface area (Å²) in [6, 6.07) is 7.68. The lowest BCUT2D eigenvalue weighted by Gasteiger charge is -2.20. The molecule has 3 aromatic heterocycles. The van der Waals surface area contributed by atoms with Gasteiger partial charge in [0.2, 0.25) is 0 Å². The molecule has 0 bridgehead atoms. The molecule has 0 saturated carbocycles. The lowest BCUT2D eigenvalue weighted by molar-refractivity contribution is 0.198. The average Bonchev–Trinajstić information content (AvgIpc) is 3.47. The number of β-amino-alcohol motifs (C(OH)–C–C–N with tert-alkyl or cyclic N) is 1. The summed E-state index contributed by atoms with van der Waals surface area (Å²) in [5.41, 5.74) is 3.76. The predicted molar refractivity (Wildman–Crippen MR) is 137 cm³/mol. The number of methoxy groups -OCH3 is 1. The standard InChI is InChI=1S/C25H25Cl2N5O3/c1-13-24(27)23(18(26)11-28-13)14(2)35-21-8-17-19(9-20(21)34-3)30-31-25(17)15-4-5-22(29-10-15)32-7-6-16(33)12-32/h4-5,8-11,14,16,33H,6-7,12H2,1-3H3,(H,30,31)/t14?,16-/m0/s1. The number of rotatable bonds is 6. The highest BCUT2D eigenvalue weighted by atomic mass is 35.5. The maximum Gasteiger partial charge on any atom is 0.162 e. The average molecular weight is 514 g/mol. The van der Waals surface area contributed by atoms with E-state index in [9.17, 15) is 5.11 Å². The van der Waals surface area contributed by atoms with E-state index in [-0.39, 0.29) is 6.10 Å². The predicted octanol–water partition coefficient (Wildman–Crippen LogP) is 5.35. The number of hydrogen-bond acceptors (Lipinski definition) is 7. The number of aliphatic hydroxyl groups excluding tert-OH is 1. The Morgan fingerprint density at radius 1 is 1.17 bits per heavy atom. The van der Waals surface area contributed by atoms with Crippen molar-refractivity contribution in [1.29, 1.82) is 0 Å². The summed E-state index contributed by atoms with van der Waals surface area (Å²) in [5, 5.41) is 19.2. The summed E-state index contributed by atoms with van der Waals surface area (Å²) in [6.07, 6.45) is 3.37. The van der Waals surface area contributed by atoms with Crippen molar-refractivity contribution in [2.75, 3.05) is 25.1 Å². The van der Waals surface area contributed by atoms with Crippen LogP contribution >= 0.6 is 23.2 Å². The maximum absolute atomic E-state index is 9.81. The molecule has 0 amide bonds. The van der Waals surface area contributed by atoms with Gasteiger partial charge >= 0.3 is 0 Å². The first-order valence-electron chi connectivity index (χ1n) is 11.3. The van der Waals surface area contributed by atoms with E-state index in [4.69, 9.17) is 32.7 Å². The lowest BCUT2D eigenvalue weighted by atomic mass is 10.1. The molecule has 1 fully saturated rings. The number of ether oxygens (including phenoxy) is 2. The van der Waals surface area contributed by atoms with Crippen molar-refractivity contribution in [1.82, 2.24) is 20.2 Å². The number of halogens is 2. The Morgan fingerprint density at radius 2 is 2.00 bits per heavy atom. The minimum absolute atomic E-state index is 0.302. The van der Waals surface area contributed by atoms with E-state index in [1.165, 1.54) is 0 Å². The summed E-state index contributed by atoms with van der Waals surface area (Å²) < 4.78 is 11.9. The fraction of sp³-hybridized carbons (Fsp3) is 0.320. The van der Waals surface area contributed by atoms with Gasteiger partial charge in [0.1, 0.15) is 17.6 Å². The van der Waals surface area contributed by atoms with Gasteiger partial charge in [0.15, 0.2) is 11.5 Å². The number of H-pyrrole nitrogens is 1. The molecule has 2 atom stereocenters. The number of aromatic nitrogens is 4. The lowest BCUT2D eigenvalue weighted by Crippen LogP contribution is -2.21. The molecule has 35 heavy (non-hydrogen) atoms. The van der Waals surface area contributed by atoms with Gasteiger partial charge < -0.3 is 19.5 Å². The number of aliphatic hydroxyl groups is 1. The van der Waals surface area contributed by atoms with E-state index in [2.05, 4.69) is 25.1 Å². The van der Waals surface area contributed by atoms with Crippen LogP contribution in [0.15, 0.2) is 36.7 Å². The zero-order chi connectivity index (χ0) is 24.7.